The van der Waals surface area contributed by atoms with Crippen LogP contribution in [-0.4, -0.2) is 27.3 Å². The summed E-state index contributed by atoms with van der Waals surface area (Å²) in [6.45, 7) is 5.82. The van der Waals surface area contributed by atoms with Crippen molar-refractivity contribution in [2.24, 2.45) is 0 Å². The maximum Gasteiger partial charge on any atom is 0.307 e. The van der Waals surface area contributed by atoms with E-state index in [2.05, 4.69) is 24.2 Å². The number of carboxylic acids is 1. The number of benzene rings is 1. The van der Waals surface area contributed by atoms with Crippen molar-refractivity contribution in [2.75, 3.05) is 11.6 Å². The first kappa shape index (κ1) is 20.1. The number of rotatable bonds is 8. The van der Waals surface area contributed by atoms with Crippen LogP contribution < -0.4 is 5.32 Å². The molecule has 0 saturated carbocycles. The maximum absolute atomic E-state index is 10.9. The molecule has 0 saturated heterocycles. The van der Waals surface area contributed by atoms with Crippen molar-refractivity contribution in [1.82, 2.24) is 9.97 Å². The fourth-order valence-corrected chi connectivity index (χ4v) is 4.24. The van der Waals surface area contributed by atoms with Crippen molar-refractivity contribution in [1.29, 1.82) is 0 Å². The Morgan fingerprint density at radius 1 is 1.25 bits per heavy atom. The number of thiophene rings is 1. The van der Waals surface area contributed by atoms with E-state index in [4.69, 9.17) is 15.1 Å². The number of allylic oxidation sites excluding steroid dienone is 1. The Kier molecular flexibility index (Phi) is 6.49. The molecule has 0 bridgehead atoms. The van der Waals surface area contributed by atoms with Gasteiger partial charge < -0.3 is 10.4 Å². The highest BCUT2D eigenvalue weighted by Crippen LogP contribution is 2.33. The molecule has 0 atom stereocenters. The molecule has 0 aliphatic heterocycles. The molecule has 0 fully saturated rings. The third-order valence-corrected chi connectivity index (χ3v) is 6.30. The standard InChI is InChI=1S/C21H21N3O2S2/c1-4-5-16-13(2)22-21(17-10-11-19(27-3)28-17)24-20(16)23-15-8-6-14(7-9-15)12-18(25)26/h4,6-11H,1,5,12H2,2-3H3,(H,25,26)(H,22,23,24). The number of hydrogen-bond donors (Lipinski definition) is 2. The van der Waals surface area contributed by atoms with E-state index >= 15 is 0 Å². The van der Waals surface area contributed by atoms with E-state index in [0.29, 0.717) is 12.2 Å². The summed E-state index contributed by atoms with van der Waals surface area (Å²) < 4.78 is 1.22. The summed E-state index contributed by atoms with van der Waals surface area (Å²) >= 11 is 3.38. The molecule has 0 radical (unpaired) electrons. The molecule has 2 aromatic heterocycles. The number of nitrogens with zero attached hydrogens (tertiary/aromatic N) is 2. The summed E-state index contributed by atoms with van der Waals surface area (Å²) in [6.07, 6.45) is 4.56. The number of aromatic nitrogens is 2. The molecule has 28 heavy (non-hydrogen) atoms. The second kappa shape index (κ2) is 9.03. The van der Waals surface area contributed by atoms with E-state index in [1.807, 2.05) is 43.3 Å². The normalized spacial score (nSPS) is 10.6. The Bertz CT molecular complexity index is 997. The first-order valence-corrected chi connectivity index (χ1v) is 10.7. The number of nitrogens with one attached hydrogen (secondary N) is 1. The van der Waals surface area contributed by atoms with Gasteiger partial charge in [-0.15, -0.1) is 29.7 Å². The molecule has 0 amide bonds. The van der Waals surface area contributed by atoms with Gasteiger partial charge in [-0.25, -0.2) is 9.97 Å². The first-order chi connectivity index (χ1) is 13.5. The zero-order valence-corrected chi connectivity index (χ0v) is 17.4. The molecule has 3 aromatic rings. The number of hydrogen-bond acceptors (Lipinski definition) is 6. The largest absolute Gasteiger partial charge is 0.481 e. The monoisotopic (exact) mass is 411 g/mol. The van der Waals surface area contributed by atoms with Crippen LogP contribution in [0.1, 0.15) is 16.8 Å². The zero-order chi connectivity index (χ0) is 20.1. The molecule has 3 rings (SSSR count). The minimum Gasteiger partial charge on any atom is -0.481 e. The van der Waals surface area contributed by atoms with Gasteiger partial charge in [0.1, 0.15) is 5.82 Å². The van der Waals surface area contributed by atoms with Gasteiger partial charge in [0, 0.05) is 16.9 Å². The molecule has 7 heteroatoms. The predicted octanol–water partition coefficient (Wildman–Crippen LogP) is 5.33. The maximum atomic E-state index is 10.9. The second-order valence-electron chi connectivity index (χ2n) is 6.17. The highest BCUT2D eigenvalue weighted by atomic mass is 32.2. The Morgan fingerprint density at radius 3 is 2.61 bits per heavy atom. The minimum absolute atomic E-state index is 0.00884. The SMILES string of the molecule is C=CCc1c(C)nc(-c2ccc(SC)s2)nc1Nc1ccc(CC(=O)O)cc1. The molecule has 5 nitrogen and oxygen atoms in total. The fourth-order valence-electron chi connectivity index (χ4n) is 2.77. The van der Waals surface area contributed by atoms with E-state index in [0.717, 1.165) is 33.2 Å². The third kappa shape index (κ3) is 4.79. The highest BCUT2D eigenvalue weighted by Gasteiger charge is 2.14. The van der Waals surface area contributed by atoms with E-state index in [1.54, 1.807) is 23.1 Å². The quantitative estimate of drug-likeness (QED) is 0.385. The summed E-state index contributed by atoms with van der Waals surface area (Å²) in [5.41, 5.74) is 3.51. The minimum atomic E-state index is -0.842. The van der Waals surface area contributed by atoms with Gasteiger partial charge >= 0.3 is 5.97 Å². The third-order valence-electron chi connectivity index (χ3n) is 4.14. The van der Waals surface area contributed by atoms with Crippen LogP contribution in [0.25, 0.3) is 10.7 Å². The van der Waals surface area contributed by atoms with Gasteiger partial charge in [0.05, 0.1) is 15.5 Å². The highest BCUT2D eigenvalue weighted by molar-refractivity contribution is 8.00. The lowest BCUT2D eigenvalue weighted by Gasteiger charge is -2.14. The van der Waals surface area contributed by atoms with Crippen molar-refractivity contribution in [2.45, 2.75) is 24.0 Å². The van der Waals surface area contributed by atoms with Gasteiger partial charge in [-0.2, -0.15) is 0 Å². The molecule has 0 aliphatic rings. The van der Waals surface area contributed by atoms with Crippen LogP contribution in [-0.2, 0) is 17.6 Å². The van der Waals surface area contributed by atoms with Gasteiger partial charge in [0.15, 0.2) is 5.82 Å². The van der Waals surface area contributed by atoms with Gasteiger partial charge in [0.2, 0.25) is 0 Å². The zero-order valence-electron chi connectivity index (χ0n) is 15.7. The average molecular weight is 412 g/mol. The lowest BCUT2D eigenvalue weighted by molar-refractivity contribution is -0.136. The van der Waals surface area contributed by atoms with Crippen molar-refractivity contribution in [3.05, 3.63) is 65.9 Å². The van der Waals surface area contributed by atoms with Crippen LogP contribution in [0.15, 0.2) is 53.3 Å². The lowest BCUT2D eigenvalue weighted by Crippen LogP contribution is -2.05. The van der Waals surface area contributed by atoms with Crippen LogP contribution in [0.4, 0.5) is 11.5 Å². The van der Waals surface area contributed by atoms with Gasteiger partial charge in [-0.1, -0.05) is 18.2 Å². The van der Waals surface area contributed by atoms with Crippen LogP contribution >= 0.6 is 23.1 Å². The summed E-state index contributed by atoms with van der Waals surface area (Å²) in [7, 11) is 0. The topological polar surface area (TPSA) is 75.1 Å². The van der Waals surface area contributed by atoms with E-state index in [1.165, 1.54) is 4.21 Å². The van der Waals surface area contributed by atoms with Crippen LogP contribution in [0.3, 0.4) is 0 Å². The van der Waals surface area contributed by atoms with Gasteiger partial charge in [0.25, 0.3) is 0 Å². The van der Waals surface area contributed by atoms with Crippen LogP contribution in [0, 0.1) is 6.92 Å². The lowest BCUT2D eigenvalue weighted by atomic mass is 10.1. The predicted molar refractivity (Wildman–Crippen MR) is 117 cm³/mol. The second-order valence-corrected chi connectivity index (χ2v) is 8.36. The van der Waals surface area contributed by atoms with Crippen LogP contribution in [0.5, 0.6) is 0 Å². The molecule has 144 valence electrons. The molecule has 0 unspecified atom stereocenters. The molecule has 0 aliphatic carbocycles. The number of anilines is 2. The van der Waals surface area contributed by atoms with Gasteiger partial charge in [-0.3, -0.25) is 4.79 Å². The Morgan fingerprint density at radius 2 is 2.00 bits per heavy atom. The summed E-state index contributed by atoms with van der Waals surface area (Å²) in [5, 5.41) is 12.3. The van der Waals surface area contributed by atoms with Crippen LogP contribution in [0.2, 0.25) is 0 Å². The van der Waals surface area contributed by atoms with Crippen molar-refractivity contribution in [3.8, 4) is 10.7 Å². The molecule has 2 N–H and O–H groups in total. The van der Waals surface area contributed by atoms with Crippen molar-refractivity contribution < 1.29 is 9.90 Å². The first-order valence-electron chi connectivity index (χ1n) is 8.70. The van der Waals surface area contributed by atoms with E-state index in [-0.39, 0.29) is 6.42 Å². The molecular weight excluding hydrogens is 390 g/mol. The number of aliphatic carboxylic acids is 1. The fraction of sp³-hybridized carbons (Fsp3) is 0.190. The number of thioether (sulfide) groups is 1. The smallest absolute Gasteiger partial charge is 0.307 e. The van der Waals surface area contributed by atoms with E-state index < -0.39 is 5.97 Å². The molecular formula is C21H21N3O2S2. The summed E-state index contributed by atoms with van der Waals surface area (Å²) in [4.78, 5) is 21.3. The van der Waals surface area contributed by atoms with Crippen molar-refractivity contribution >= 4 is 40.6 Å². The Hall–Kier alpha value is -2.64. The molecule has 1 aromatic carbocycles. The summed E-state index contributed by atoms with van der Waals surface area (Å²) in [5.74, 6) is 0.596. The van der Waals surface area contributed by atoms with Gasteiger partial charge in [-0.05, 0) is 49.4 Å². The summed E-state index contributed by atoms with van der Waals surface area (Å²) in [6, 6.07) is 11.5. The number of carbonyl (C=O) groups is 1. The average Bonchev–Trinajstić information content (AvgIpc) is 3.15. The molecule has 2 heterocycles. The number of aryl methyl sites for hydroxylation is 1. The Labute approximate surface area is 172 Å². The van der Waals surface area contributed by atoms with Crippen molar-refractivity contribution in [3.63, 3.8) is 0 Å². The Balaban J connectivity index is 1.95. The molecule has 0 spiro atoms. The number of carboxylic acid groups (broad SMARTS) is 1. The van der Waals surface area contributed by atoms with E-state index in [9.17, 15) is 4.79 Å².